The molecule has 30 heteroatoms. The van der Waals surface area contributed by atoms with Gasteiger partial charge in [-0.15, -0.1) is 25.6 Å². The van der Waals surface area contributed by atoms with Crippen molar-refractivity contribution in [3.05, 3.63) is 105 Å². The normalized spacial score (nSPS) is 12.9. The molecule has 0 amide bonds. The Morgan fingerprint density at radius 1 is 0.597 bits per heavy atom. The maximum atomic E-state index is 13.0. The number of hydrogen-bond acceptors (Lipinski definition) is 19. The van der Waals surface area contributed by atoms with Crippen molar-refractivity contribution in [2.75, 3.05) is 0 Å². The molecule has 62 heavy (non-hydrogen) atoms. The molecule has 26 nitrogen and oxygen atoms in total. The van der Waals surface area contributed by atoms with Crippen LogP contribution in [-0.4, -0.2) is 76.8 Å². The van der Waals surface area contributed by atoms with E-state index in [4.69, 9.17) is 0 Å². The number of nitrogens with zero attached hydrogens (tertiary/aromatic N) is 8. The topological polar surface area (TPSA) is 413 Å². The third-order valence-electron chi connectivity index (χ3n) is 8.30. The van der Waals surface area contributed by atoms with Crippen molar-refractivity contribution < 1.29 is 67.0 Å². The number of nitro benzene ring substituents is 1. The summed E-state index contributed by atoms with van der Waals surface area (Å²) in [5.74, 6) is -2.89. The molecule has 0 radical (unpaired) electrons. The van der Waals surface area contributed by atoms with Crippen molar-refractivity contribution in [3.8, 4) is 17.2 Å². The molecule has 0 fully saturated rings. The van der Waals surface area contributed by atoms with E-state index < -0.39 is 121 Å². The molecule has 6 aromatic rings. The predicted octanol–water partition coefficient (Wildman–Crippen LogP) is 6.18. The van der Waals surface area contributed by atoms with Gasteiger partial charge in [-0.1, -0.05) is 18.2 Å². The van der Waals surface area contributed by atoms with Crippen molar-refractivity contribution in [2.45, 2.75) is 26.5 Å². The Kier molecular flexibility index (Phi) is 11.5. The number of aryl methyl sites for hydroxylation is 1. The van der Waals surface area contributed by atoms with Crippen LogP contribution in [0.1, 0.15) is 5.69 Å². The van der Waals surface area contributed by atoms with E-state index in [1.54, 1.807) is 30.3 Å². The average Bonchev–Trinajstić information content (AvgIpc) is 3.46. The van der Waals surface area contributed by atoms with E-state index in [0.29, 0.717) is 42.1 Å². The lowest BCUT2D eigenvalue weighted by Gasteiger charge is -2.13. The van der Waals surface area contributed by atoms with Gasteiger partial charge in [-0.25, -0.2) is 4.68 Å². The standard InChI is InChI=1S/C32H23N9O17S4/c1-15-27(32(44)40(39-15)18-5-3-2-4-6-18)36-33-17-7-9-20(22(13-17)59(47,48)49)34-37-28-24(61(53,54)55)11-16-12-25(62(56,57)58)29(31(43)26(16)30(28)42)38-35-21-10-8-19(41(45)46)14-23(21)60(50,51)52/h2-14,39,42-43H,1H3,(H,47,48,49)(H,50,51,52)(H,53,54,55)(H,56,57,58). The molecule has 1 heterocycles. The van der Waals surface area contributed by atoms with Gasteiger partial charge in [0.25, 0.3) is 51.7 Å². The number of aromatic nitrogens is 2. The molecule has 322 valence electrons. The van der Waals surface area contributed by atoms with Crippen molar-refractivity contribution in [1.82, 2.24) is 9.78 Å². The van der Waals surface area contributed by atoms with Gasteiger partial charge in [0.2, 0.25) is 0 Å². The van der Waals surface area contributed by atoms with E-state index >= 15 is 0 Å². The van der Waals surface area contributed by atoms with Crippen molar-refractivity contribution in [3.63, 3.8) is 0 Å². The number of aromatic amines is 1. The first-order valence-corrected chi connectivity index (χ1v) is 22.0. The Morgan fingerprint density at radius 3 is 1.55 bits per heavy atom. The van der Waals surface area contributed by atoms with E-state index in [9.17, 15) is 77.0 Å². The van der Waals surface area contributed by atoms with Crippen molar-refractivity contribution in [2.24, 2.45) is 30.7 Å². The monoisotopic (exact) mass is 933 g/mol. The summed E-state index contributed by atoms with van der Waals surface area (Å²) in [6.07, 6.45) is 0. The second-order valence-corrected chi connectivity index (χ2v) is 17.9. The van der Waals surface area contributed by atoms with Crippen LogP contribution in [0.15, 0.2) is 134 Å². The van der Waals surface area contributed by atoms with Gasteiger partial charge in [0.15, 0.2) is 17.2 Å². The zero-order valence-electron chi connectivity index (χ0n) is 30.4. The van der Waals surface area contributed by atoms with Gasteiger partial charge < -0.3 is 10.2 Å². The highest BCUT2D eigenvalue weighted by molar-refractivity contribution is 7.86. The molecule has 5 aromatic carbocycles. The number of azo groups is 3. The van der Waals surface area contributed by atoms with E-state index in [1.165, 1.54) is 11.6 Å². The van der Waals surface area contributed by atoms with Crippen LogP contribution in [0.5, 0.6) is 11.5 Å². The summed E-state index contributed by atoms with van der Waals surface area (Å²) in [7, 11) is -21.5. The van der Waals surface area contributed by atoms with Crippen LogP contribution in [0.25, 0.3) is 16.5 Å². The van der Waals surface area contributed by atoms with E-state index in [2.05, 4.69) is 35.8 Å². The number of benzene rings is 5. The van der Waals surface area contributed by atoms with Crippen LogP contribution in [-0.2, 0) is 40.5 Å². The average molecular weight is 934 g/mol. The first kappa shape index (κ1) is 44.4. The van der Waals surface area contributed by atoms with Gasteiger partial charge in [0.1, 0.15) is 42.3 Å². The highest BCUT2D eigenvalue weighted by Gasteiger charge is 2.30. The quantitative estimate of drug-likeness (QED) is 0.0311. The number of nitro groups is 1. The smallest absolute Gasteiger partial charge is 0.299 e. The molecule has 7 N–H and O–H groups in total. The molecule has 0 aliphatic heterocycles. The fourth-order valence-electron chi connectivity index (χ4n) is 5.54. The highest BCUT2D eigenvalue weighted by atomic mass is 32.2. The maximum Gasteiger partial charge on any atom is 0.299 e. The van der Waals surface area contributed by atoms with Gasteiger partial charge in [-0.05, 0) is 60.8 Å². The summed E-state index contributed by atoms with van der Waals surface area (Å²) < 4.78 is 139. The Hall–Kier alpha value is -7.19. The lowest BCUT2D eigenvalue weighted by Crippen LogP contribution is -2.13. The number of non-ortho nitro benzene ring substituents is 1. The molecule has 0 atom stereocenters. The van der Waals surface area contributed by atoms with Crippen LogP contribution >= 0.6 is 0 Å². The highest BCUT2D eigenvalue weighted by Crippen LogP contribution is 2.50. The molecule has 0 spiro atoms. The molecule has 0 aliphatic carbocycles. The Morgan fingerprint density at radius 2 is 1.06 bits per heavy atom. The summed E-state index contributed by atoms with van der Waals surface area (Å²) in [5, 5.41) is 56.4. The second-order valence-electron chi connectivity index (χ2n) is 12.4. The molecular formula is C32H23N9O17S4. The van der Waals surface area contributed by atoms with Crippen LogP contribution in [0, 0.1) is 17.0 Å². The van der Waals surface area contributed by atoms with Crippen molar-refractivity contribution >= 4 is 91.1 Å². The number of aromatic hydroxyl groups is 2. The first-order chi connectivity index (χ1) is 28.8. The molecule has 0 saturated carbocycles. The van der Waals surface area contributed by atoms with E-state index in [0.717, 1.165) is 12.1 Å². The maximum absolute atomic E-state index is 13.0. The lowest BCUT2D eigenvalue weighted by atomic mass is 10.1. The number of hydrogen-bond donors (Lipinski definition) is 7. The Balaban J connectivity index is 1.49. The SMILES string of the molecule is Cc1[nH]n(-c2ccccc2)c(=O)c1N=Nc1ccc(N=Nc2c(S(=O)(=O)O)cc3cc(S(=O)(=O)O)c(N=Nc4ccc([N+](=O)[O-])cc4S(=O)(=O)O)c(O)c3c2O)c(S(=O)(=O)O)c1. The van der Waals surface area contributed by atoms with E-state index in [-0.39, 0.29) is 17.1 Å². The molecule has 0 saturated heterocycles. The zero-order chi connectivity index (χ0) is 45.7. The number of phenolic OH excluding ortho intramolecular Hbond substituents is 2. The zero-order valence-corrected chi connectivity index (χ0v) is 33.7. The van der Waals surface area contributed by atoms with Gasteiger partial charge in [-0.2, -0.15) is 38.8 Å². The van der Waals surface area contributed by atoms with Crippen LogP contribution in [0.2, 0.25) is 0 Å². The molecule has 1 aromatic heterocycles. The minimum atomic E-state index is -5.50. The van der Waals surface area contributed by atoms with Crippen molar-refractivity contribution in [1.29, 1.82) is 0 Å². The van der Waals surface area contributed by atoms with E-state index in [1.807, 2.05) is 0 Å². The minimum absolute atomic E-state index is 0.179. The molecular weight excluding hydrogens is 911 g/mol. The van der Waals surface area contributed by atoms with Crippen LogP contribution in [0.4, 0.5) is 39.8 Å². The molecule has 0 aliphatic rings. The summed E-state index contributed by atoms with van der Waals surface area (Å²) in [6, 6.07) is 13.5. The predicted molar refractivity (Wildman–Crippen MR) is 210 cm³/mol. The Bertz CT molecular complexity index is 3500. The second kappa shape index (κ2) is 16.0. The largest absolute Gasteiger partial charge is 0.505 e. The minimum Gasteiger partial charge on any atom is -0.505 e. The summed E-state index contributed by atoms with van der Waals surface area (Å²) >= 11 is 0. The Labute approximate surface area is 346 Å². The summed E-state index contributed by atoms with van der Waals surface area (Å²) in [4.78, 5) is 18.1. The first-order valence-electron chi connectivity index (χ1n) is 16.3. The third-order valence-corrected chi connectivity index (χ3v) is 11.8. The number of phenols is 2. The molecule has 0 bridgehead atoms. The molecule has 6 rings (SSSR count). The van der Waals surface area contributed by atoms with Gasteiger partial charge in [-0.3, -0.25) is 38.2 Å². The fraction of sp³-hybridized carbons (Fsp3) is 0.0312. The molecule has 0 unspecified atom stereocenters. The number of H-pyrrole nitrogens is 1. The lowest BCUT2D eigenvalue weighted by molar-refractivity contribution is -0.385. The van der Waals surface area contributed by atoms with Gasteiger partial charge in [0, 0.05) is 12.1 Å². The number of para-hydroxylation sites is 1. The van der Waals surface area contributed by atoms with Gasteiger partial charge in [0.05, 0.1) is 27.4 Å². The third kappa shape index (κ3) is 8.96. The van der Waals surface area contributed by atoms with Gasteiger partial charge >= 0.3 is 0 Å². The number of nitrogens with one attached hydrogen (secondary N) is 1. The fourth-order valence-corrected chi connectivity index (χ4v) is 8.14. The summed E-state index contributed by atoms with van der Waals surface area (Å²) in [5.41, 5.74) is -5.42. The van der Waals surface area contributed by atoms with Crippen LogP contribution in [0.3, 0.4) is 0 Å². The number of rotatable bonds is 12. The number of fused-ring (bicyclic) bond motifs is 1. The summed E-state index contributed by atoms with van der Waals surface area (Å²) in [6.45, 7) is 1.51. The van der Waals surface area contributed by atoms with Crippen LogP contribution < -0.4 is 5.56 Å².